The molecule has 6 nitrogen and oxygen atoms in total. The first-order chi connectivity index (χ1) is 11.6. The summed E-state index contributed by atoms with van der Waals surface area (Å²) in [6, 6.07) is 5.60. The summed E-state index contributed by atoms with van der Waals surface area (Å²) < 4.78 is 0. The second-order valence-electron chi connectivity index (χ2n) is 6.13. The van der Waals surface area contributed by atoms with Crippen molar-refractivity contribution in [1.29, 1.82) is 0 Å². The Balaban J connectivity index is 1.77. The van der Waals surface area contributed by atoms with Gasteiger partial charge < -0.3 is 10.2 Å². The van der Waals surface area contributed by atoms with Crippen molar-refractivity contribution in [3.63, 3.8) is 0 Å². The molecule has 2 amide bonds. The molecule has 0 bridgehead atoms. The zero-order valence-electron chi connectivity index (χ0n) is 13.9. The number of aryl methyl sites for hydroxylation is 1. The Hall–Kier alpha value is -2.15. The van der Waals surface area contributed by atoms with Gasteiger partial charge in [0.25, 0.3) is 0 Å². The first-order valence-corrected chi connectivity index (χ1v) is 9.12. The van der Waals surface area contributed by atoms with E-state index in [1.54, 1.807) is 23.3 Å². The van der Waals surface area contributed by atoms with E-state index in [1.807, 2.05) is 23.6 Å². The first kappa shape index (κ1) is 16.7. The monoisotopic (exact) mass is 346 g/mol. The van der Waals surface area contributed by atoms with E-state index in [0.717, 1.165) is 23.4 Å². The number of nitrogens with one attached hydrogen (secondary N) is 2. The summed E-state index contributed by atoms with van der Waals surface area (Å²) in [5.74, 6) is 0.287. The van der Waals surface area contributed by atoms with Crippen molar-refractivity contribution in [2.45, 2.75) is 38.6 Å². The standard InChI is InChI=1S/C17H22N4O2S/c1-3-5-11-10-14(20-19-11)18-17(23)12-7-8-15(22)21(2)16(12)13-6-4-9-24-13/h4,6,9-10,12,16H,3,5,7-8H2,1-2H3,(H2,18,19,20,23)/t12-,16-/m1/s1. The average Bonchev–Trinajstić information content (AvgIpc) is 3.22. The normalized spacial score (nSPS) is 21.1. The highest BCUT2D eigenvalue weighted by Gasteiger charge is 2.39. The largest absolute Gasteiger partial charge is 0.337 e. The van der Waals surface area contributed by atoms with E-state index >= 15 is 0 Å². The predicted octanol–water partition coefficient (Wildman–Crippen LogP) is 2.97. The zero-order valence-corrected chi connectivity index (χ0v) is 14.7. The Bertz CT molecular complexity index is 710. The molecule has 24 heavy (non-hydrogen) atoms. The van der Waals surface area contributed by atoms with Gasteiger partial charge in [0.05, 0.1) is 12.0 Å². The molecule has 0 spiro atoms. The number of carbonyl (C=O) groups excluding carboxylic acids is 2. The van der Waals surface area contributed by atoms with E-state index in [-0.39, 0.29) is 23.8 Å². The third-order valence-electron chi connectivity index (χ3n) is 4.43. The van der Waals surface area contributed by atoms with E-state index < -0.39 is 0 Å². The van der Waals surface area contributed by atoms with Crippen LogP contribution in [0, 0.1) is 5.92 Å². The maximum atomic E-state index is 12.8. The number of hydrogen-bond donors (Lipinski definition) is 2. The summed E-state index contributed by atoms with van der Waals surface area (Å²) in [4.78, 5) is 27.6. The van der Waals surface area contributed by atoms with Crippen LogP contribution in [0.15, 0.2) is 23.6 Å². The van der Waals surface area contributed by atoms with E-state index in [9.17, 15) is 9.59 Å². The maximum absolute atomic E-state index is 12.8. The van der Waals surface area contributed by atoms with Crippen LogP contribution < -0.4 is 5.32 Å². The van der Waals surface area contributed by atoms with Crippen molar-refractivity contribution < 1.29 is 9.59 Å². The van der Waals surface area contributed by atoms with Gasteiger partial charge in [0.15, 0.2) is 5.82 Å². The summed E-state index contributed by atoms with van der Waals surface area (Å²) in [6.45, 7) is 2.10. The number of amides is 2. The van der Waals surface area contributed by atoms with Gasteiger partial charge in [0.1, 0.15) is 0 Å². The van der Waals surface area contributed by atoms with Gasteiger partial charge in [-0.05, 0) is 24.3 Å². The Kier molecular flexibility index (Phi) is 4.99. The number of aromatic amines is 1. The highest BCUT2D eigenvalue weighted by atomic mass is 32.1. The molecular formula is C17H22N4O2S. The van der Waals surface area contributed by atoms with Gasteiger partial charge in [-0.15, -0.1) is 11.3 Å². The molecular weight excluding hydrogens is 324 g/mol. The number of H-pyrrole nitrogens is 1. The highest BCUT2D eigenvalue weighted by Crippen LogP contribution is 2.38. The van der Waals surface area contributed by atoms with Gasteiger partial charge in [-0.2, -0.15) is 5.10 Å². The molecule has 0 radical (unpaired) electrons. The number of aromatic nitrogens is 2. The van der Waals surface area contributed by atoms with Gasteiger partial charge in [0, 0.05) is 30.1 Å². The van der Waals surface area contributed by atoms with Gasteiger partial charge in [-0.3, -0.25) is 14.7 Å². The van der Waals surface area contributed by atoms with Crippen molar-refractivity contribution in [1.82, 2.24) is 15.1 Å². The fourth-order valence-electron chi connectivity index (χ4n) is 3.20. The number of rotatable bonds is 5. The minimum absolute atomic E-state index is 0.0812. The summed E-state index contributed by atoms with van der Waals surface area (Å²) in [6.07, 6.45) is 2.88. The van der Waals surface area contributed by atoms with Crippen molar-refractivity contribution in [3.8, 4) is 0 Å². The van der Waals surface area contributed by atoms with Crippen LogP contribution in [0.3, 0.4) is 0 Å². The van der Waals surface area contributed by atoms with Crippen LogP contribution >= 0.6 is 11.3 Å². The molecule has 0 aromatic carbocycles. The third kappa shape index (κ3) is 3.36. The molecule has 1 fully saturated rings. The van der Waals surface area contributed by atoms with Crippen molar-refractivity contribution >= 4 is 29.0 Å². The van der Waals surface area contributed by atoms with Crippen LogP contribution in [0.2, 0.25) is 0 Å². The summed E-state index contributed by atoms with van der Waals surface area (Å²) >= 11 is 1.58. The van der Waals surface area contributed by atoms with Crippen LogP contribution in [0.4, 0.5) is 5.82 Å². The molecule has 2 atom stereocenters. The topological polar surface area (TPSA) is 78.1 Å². The molecule has 1 aliphatic rings. The number of anilines is 1. The van der Waals surface area contributed by atoms with Crippen molar-refractivity contribution in [2.24, 2.45) is 5.92 Å². The minimum Gasteiger partial charge on any atom is -0.337 e. The fourth-order valence-corrected chi connectivity index (χ4v) is 4.14. The van der Waals surface area contributed by atoms with Gasteiger partial charge >= 0.3 is 0 Å². The lowest BCUT2D eigenvalue weighted by atomic mass is 9.87. The highest BCUT2D eigenvalue weighted by molar-refractivity contribution is 7.10. The zero-order chi connectivity index (χ0) is 17.1. The Morgan fingerprint density at radius 3 is 3.08 bits per heavy atom. The third-order valence-corrected chi connectivity index (χ3v) is 5.38. The lowest BCUT2D eigenvalue weighted by Crippen LogP contribution is -2.44. The summed E-state index contributed by atoms with van der Waals surface area (Å²) in [5.41, 5.74) is 1.01. The molecule has 2 aromatic rings. The van der Waals surface area contributed by atoms with Crippen LogP contribution in [-0.2, 0) is 16.0 Å². The average molecular weight is 346 g/mol. The lowest BCUT2D eigenvalue weighted by Gasteiger charge is -2.37. The molecule has 1 aliphatic heterocycles. The van der Waals surface area contributed by atoms with E-state index in [1.165, 1.54) is 0 Å². The SMILES string of the molecule is CCCc1cc(NC(=O)[C@@H]2CCC(=O)N(C)[C@H]2c2cccs2)n[nH]1. The van der Waals surface area contributed by atoms with Crippen LogP contribution in [0.25, 0.3) is 0 Å². The van der Waals surface area contributed by atoms with E-state index in [4.69, 9.17) is 0 Å². The Morgan fingerprint density at radius 2 is 2.38 bits per heavy atom. The second kappa shape index (κ2) is 7.17. The fraction of sp³-hybridized carbons (Fsp3) is 0.471. The molecule has 7 heteroatoms. The molecule has 128 valence electrons. The van der Waals surface area contributed by atoms with Gasteiger partial charge in [-0.1, -0.05) is 19.4 Å². The van der Waals surface area contributed by atoms with Gasteiger partial charge in [0.2, 0.25) is 11.8 Å². The minimum atomic E-state index is -0.266. The van der Waals surface area contributed by atoms with Crippen LogP contribution in [0.5, 0.6) is 0 Å². The summed E-state index contributed by atoms with van der Waals surface area (Å²) in [5, 5.41) is 12.0. The van der Waals surface area contributed by atoms with E-state index in [0.29, 0.717) is 18.7 Å². The molecule has 3 rings (SSSR count). The number of nitrogens with zero attached hydrogens (tertiary/aromatic N) is 2. The quantitative estimate of drug-likeness (QED) is 0.874. The molecule has 2 N–H and O–H groups in total. The molecule has 0 unspecified atom stereocenters. The second-order valence-corrected chi connectivity index (χ2v) is 7.11. The number of likely N-dealkylation sites (tertiary alicyclic amines) is 1. The number of carbonyl (C=O) groups is 2. The molecule has 2 aromatic heterocycles. The lowest BCUT2D eigenvalue weighted by molar-refractivity contribution is -0.140. The van der Waals surface area contributed by atoms with Gasteiger partial charge in [-0.25, -0.2) is 0 Å². The summed E-state index contributed by atoms with van der Waals surface area (Å²) in [7, 11) is 1.78. The molecule has 0 saturated carbocycles. The first-order valence-electron chi connectivity index (χ1n) is 8.24. The van der Waals surface area contributed by atoms with E-state index in [2.05, 4.69) is 22.4 Å². The maximum Gasteiger partial charge on any atom is 0.231 e. The molecule has 3 heterocycles. The molecule has 1 saturated heterocycles. The van der Waals surface area contributed by atoms with Crippen molar-refractivity contribution in [3.05, 3.63) is 34.2 Å². The van der Waals surface area contributed by atoms with Crippen molar-refractivity contribution in [2.75, 3.05) is 12.4 Å². The Morgan fingerprint density at radius 1 is 1.54 bits per heavy atom. The van der Waals surface area contributed by atoms with Crippen LogP contribution in [-0.4, -0.2) is 34.0 Å². The smallest absolute Gasteiger partial charge is 0.231 e. The molecule has 0 aliphatic carbocycles. The number of hydrogen-bond acceptors (Lipinski definition) is 4. The number of thiophene rings is 1. The van der Waals surface area contributed by atoms with Crippen LogP contribution in [0.1, 0.15) is 42.8 Å². The number of piperidine rings is 1. The Labute approximate surface area is 145 Å². The predicted molar refractivity (Wildman–Crippen MR) is 93.8 cm³/mol.